The number of hydrogen-bond acceptors (Lipinski definition) is 3. The number of imide groups is 1. The van der Waals surface area contributed by atoms with Crippen molar-refractivity contribution in [1.82, 2.24) is 4.90 Å². The predicted octanol–water partition coefficient (Wildman–Crippen LogP) is 2.97. The van der Waals surface area contributed by atoms with E-state index >= 15 is 0 Å². The summed E-state index contributed by atoms with van der Waals surface area (Å²) in [5.74, 6) is 0.319. The van der Waals surface area contributed by atoms with Gasteiger partial charge in [0, 0.05) is 15.6 Å². The van der Waals surface area contributed by atoms with E-state index in [1.54, 1.807) is 13.2 Å². The van der Waals surface area contributed by atoms with Gasteiger partial charge in [-0.1, -0.05) is 28.1 Å². The van der Waals surface area contributed by atoms with Crippen LogP contribution in [0.25, 0.3) is 0 Å². The van der Waals surface area contributed by atoms with Crippen LogP contribution in [0.4, 0.5) is 0 Å². The van der Waals surface area contributed by atoms with E-state index in [1.165, 1.54) is 4.90 Å². The van der Waals surface area contributed by atoms with E-state index in [0.717, 1.165) is 16.5 Å². The summed E-state index contributed by atoms with van der Waals surface area (Å²) in [5, 5.41) is 0. The second-order valence-corrected chi connectivity index (χ2v) is 5.94. The lowest BCUT2D eigenvalue weighted by atomic mass is 10.00. The topological polar surface area (TPSA) is 46.6 Å². The zero-order valence-corrected chi connectivity index (χ0v) is 13.1. The summed E-state index contributed by atoms with van der Waals surface area (Å²) in [5.41, 5.74) is 2.05. The third-order valence-corrected chi connectivity index (χ3v) is 4.11. The van der Waals surface area contributed by atoms with Crippen LogP contribution in [0, 0.1) is 0 Å². The number of methoxy groups -OCH3 is 1. The summed E-state index contributed by atoms with van der Waals surface area (Å²) in [7, 11) is 1.59. The van der Waals surface area contributed by atoms with Gasteiger partial charge in [0.15, 0.2) is 0 Å². The summed E-state index contributed by atoms with van der Waals surface area (Å²) in [4.78, 5) is 26.0. The Morgan fingerprint density at radius 3 is 2.76 bits per heavy atom. The highest BCUT2D eigenvalue weighted by molar-refractivity contribution is 9.10. The summed E-state index contributed by atoms with van der Waals surface area (Å²) in [6.45, 7) is 0.258. The first-order valence-corrected chi connectivity index (χ1v) is 7.49. The first-order valence-electron chi connectivity index (χ1n) is 6.69. The second-order valence-electron chi connectivity index (χ2n) is 5.03. The van der Waals surface area contributed by atoms with Gasteiger partial charge in [-0.05, 0) is 36.6 Å². The van der Waals surface area contributed by atoms with E-state index in [2.05, 4.69) is 15.9 Å². The smallest absolute Gasteiger partial charge is 0.261 e. The van der Waals surface area contributed by atoms with E-state index in [1.807, 2.05) is 24.3 Å². The van der Waals surface area contributed by atoms with Crippen molar-refractivity contribution in [2.75, 3.05) is 7.11 Å². The zero-order chi connectivity index (χ0) is 15.0. The number of benzene rings is 1. The van der Waals surface area contributed by atoms with E-state index in [9.17, 15) is 9.59 Å². The number of hydrogen-bond donors (Lipinski definition) is 0. The molecule has 1 aliphatic heterocycles. The van der Waals surface area contributed by atoms with Crippen LogP contribution in [0.5, 0.6) is 5.75 Å². The molecule has 108 valence electrons. The van der Waals surface area contributed by atoms with E-state index in [0.29, 0.717) is 23.3 Å². The molecule has 0 N–H and O–H groups in total. The van der Waals surface area contributed by atoms with Gasteiger partial charge in [-0.15, -0.1) is 0 Å². The molecule has 0 bridgehead atoms. The van der Waals surface area contributed by atoms with Crippen LogP contribution in [0.1, 0.15) is 18.4 Å². The maximum Gasteiger partial charge on any atom is 0.261 e. The van der Waals surface area contributed by atoms with Crippen LogP contribution in [0.15, 0.2) is 46.0 Å². The van der Waals surface area contributed by atoms with Crippen molar-refractivity contribution < 1.29 is 14.3 Å². The normalized spacial score (nSPS) is 17.5. The minimum atomic E-state index is -0.204. The Hall–Kier alpha value is -1.88. The first kappa shape index (κ1) is 14.1. The van der Waals surface area contributed by atoms with Crippen molar-refractivity contribution in [3.05, 3.63) is 51.5 Å². The van der Waals surface area contributed by atoms with E-state index in [4.69, 9.17) is 4.74 Å². The van der Waals surface area contributed by atoms with Crippen molar-refractivity contribution in [3.8, 4) is 5.75 Å². The number of halogens is 1. The molecule has 1 aliphatic carbocycles. The number of carbonyl (C=O) groups is 2. The van der Waals surface area contributed by atoms with Gasteiger partial charge in [0.1, 0.15) is 5.75 Å². The summed E-state index contributed by atoms with van der Waals surface area (Å²) < 4.78 is 6.06. The molecule has 2 amide bonds. The molecule has 5 heteroatoms. The van der Waals surface area contributed by atoms with Gasteiger partial charge in [-0.3, -0.25) is 14.5 Å². The number of ether oxygens (including phenoxy) is 1. The molecule has 3 rings (SSSR count). The molecule has 2 aliphatic rings. The molecule has 0 saturated heterocycles. The molecule has 21 heavy (non-hydrogen) atoms. The van der Waals surface area contributed by atoms with Gasteiger partial charge in [0.25, 0.3) is 11.8 Å². The number of nitrogens with zero attached hydrogens (tertiary/aromatic N) is 1. The molecule has 1 aromatic carbocycles. The Morgan fingerprint density at radius 1 is 1.24 bits per heavy atom. The SMILES string of the molecule is COc1cc(Br)cc(CN2C(=O)C3=C(CCC=C3)C2=O)c1. The quantitative estimate of drug-likeness (QED) is 0.789. The monoisotopic (exact) mass is 347 g/mol. The molecule has 4 nitrogen and oxygen atoms in total. The van der Waals surface area contributed by atoms with Crippen molar-refractivity contribution >= 4 is 27.7 Å². The Bertz CT molecular complexity index is 691. The fraction of sp³-hybridized carbons (Fsp3) is 0.250. The van der Waals surface area contributed by atoms with Gasteiger partial charge in [-0.2, -0.15) is 0 Å². The Kier molecular flexibility index (Phi) is 3.68. The second kappa shape index (κ2) is 5.48. The van der Waals surface area contributed by atoms with Gasteiger partial charge >= 0.3 is 0 Å². The first-order chi connectivity index (χ1) is 10.1. The van der Waals surface area contributed by atoms with Crippen molar-refractivity contribution in [1.29, 1.82) is 0 Å². The van der Waals surface area contributed by atoms with Crippen LogP contribution >= 0.6 is 15.9 Å². The van der Waals surface area contributed by atoms with Crippen LogP contribution in [0.2, 0.25) is 0 Å². The largest absolute Gasteiger partial charge is 0.497 e. The average Bonchev–Trinajstić information content (AvgIpc) is 2.72. The molecular formula is C16H14BrNO3. The third-order valence-electron chi connectivity index (χ3n) is 3.66. The van der Waals surface area contributed by atoms with Crippen molar-refractivity contribution in [3.63, 3.8) is 0 Å². The molecule has 0 radical (unpaired) electrons. The molecule has 0 atom stereocenters. The highest BCUT2D eigenvalue weighted by atomic mass is 79.9. The Morgan fingerprint density at radius 2 is 2.05 bits per heavy atom. The maximum atomic E-state index is 12.4. The van der Waals surface area contributed by atoms with Gasteiger partial charge < -0.3 is 4.74 Å². The molecule has 1 aromatic rings. The van der Waals surface area contributed by atoms with Crippen molar-refractivity contribution in [2.45, 2.75) is 19.4 Å². The number of allylic oxidation sites excluding steroid dienone is 1. The van der Waals surface area contributed by atoms with E-state index < -0.39 is 0 Å². The van der Waals surface area contributed by atoms with Crippen LogP contribution in [-0.4, -0.2) is 23.8 Å². The minimum absolute atomic E-state index is 0.168. The highest BCUT2D eigenvalue weighted by Gasteiger charge is 2.37. The molecule has 0 saturated carbocycles. The summed E-state index contributed by atoms with van der Waals surface area (Å²) in [6, 6.07) is 5.55. The van der Waals surface area contributed by atoms with Gasteiger partial charge in [0.2, 0.25) is 0 Å². The standard InChI is InChI=1S/C16H14BrNO3/c1-21-12-7-10(6-11(17)8-12)9-18-15(19)13-4-2-3-5-14(13)16(18)20/h2,4,6-8H,3,5,9H2,1H3. The maximum absolute atomic E-state index is 12.4. The molecule has 0 spiro atoms. The zero-order valence-electron chi connectivity index (χ0n) is 11.6. The summed E-state index contributed by atoms with van der Waals surface area (Å²) in [6.07, 6.45) is 5.17. The fourth-order valence-electron chi connectivity index (χ4n) is 2.64. The lowest BCUT2D eigenvalue weighted by Gasteiger charge is -2.16. The molecule has 0 aromatic heterocycles. The van der Waals surface area contributed by atoms with Crippen LogP contribution in [0.3, 0.4) is 0 Å². The Balaban J connectivity index is 1.87. The van der Waals surface area contributed by atoms with Gasteiger partial charge in [0.05, 0.1) is 13.7 Å². The number of carbonyl (C=O) groups excluding carboxylic acids is 2. The predicted molar refractivity (Wildman–Crippen MR) is 81.7 cm³/mol. The van der Waals surface area contributed by atoms with Crippen LogP contribution in [-0.2, 0) is 16.1 Å². The molecule has 0 unspecified atom stereocenters. The number of amides is 2. The Labute approximate surface area is 131 Å². The molecule has 1 heterocycles. The lowest BCUT2D eigenvalue weighted by molar-refractivity contribution is -0.138. The highest BCUT2D eigenvalue weighted by Crippen LogP contribution is 2.31. The number of rotatable bonds is 3. The van der Waals surface area contributed by atoms with Gasteiger partial charge in [-0.25, -0.2) is 0 Å². The summed E-state index contributed by atoms with van der Waals surface area (Å²) >= 11 is 3.40. The minimum Gasteiger partial charge on any atom is -0.497 e. The van der Waals surface area contributed by atoms with Crippen LogP contribution < -0.4 is 4.74 Å². The fourth-order valence-corrected chi connectivity index (χ4v) is 3.16. The van der Waals surface area contributed by atoms with Crippen molar-refractivity contribution in [2.24, 2.45) is 0 Å². The molecule has 0 fully saturated rings. The lowest BCUT2D eigenvalue weighted by Crippen LogP contribution is -2.31. The average molecular weight is 348 g/mol. The molecular weight excluding hydrogens is 334 g/mol. The van der Waals surface area contributed by atoms with E-state index in [-0.39, 0.29) is 18.4 Å². The third kappa shape index (κ3) is 2.53.